The van der Waals surface area contributed by atoms with Gasteiger partial charge < -0.3 is 14.9 Å². The molecule has 104 valence electrons. The molecule has 4 nitrogen and oxygen atoms in total. The smallest absolute Gasteiger partial charge is 0.337 e. The van der Waals surface area contributed by atoms with Gasteiger partial charge in [0.25, 0.3) is 0 Å². The summed E-state index contributed by atoms with van der Waals surface area (Å²) in [4.78, 5) is 15.9. The molecule has 1 fully saturated rings. The zero-order valence-corrected chi connectivity index (χ0v) is 11.9. The molecule has 1 N–H and O–H groups in total. The summed E-state index contributed by atoms with van der Waals surface area (Å²) in [5.74, 6) is -0.849. The molecule has 1 aliphatic heterocycles. The first-order valence-corrected chi connectivity index (χ1v) is 6.75. The predicted molar refractivity (Wildman–Crippen MR) is 77.1 cm³/mol. The molecule has 0 amide bonds. The van der Waals surface area contributed by atoms with Crippen LogP contribution >= 0.6 is 0 Å². The van der Waals surface area contributed by atoms with E-state index in [1.165, 1.54) is 0 Å². The molecule has 0 radical (unpaired) electrons. The number of para-hydroxylation sites is 1. The van der Waals surface area contributed by atoms with Gasteiger partial charge in [0, 0.05) is 13.1 Å². The van der Waals surface area contributed by atoms with Crippen molar-refractivity contribution in [2.75, 3.05) is 32.1 Å². The molecule has 1 aromatic rings. The molecule has 0 aromatic heterocycles. The van der Waals surface area contributed by atoms with Crippen molar-refractivity contribution in [3.63, 3.8) is 0 Å². The van der Waals surface area contributed by atoms with E-state index in [1.54, 1.807) is 6.07 Å². The van der Waals surface area contributed by atoms with Crippen molar-refractivity contribution in [1.82, 2.24) is 4.90 Å². The molecule has 0 spiro atoms. The fourth-order valence-electron chi connectivity index (χ4n) is 2.86. The Bertz CT molecular complexity index is 465. The third kappa shape index (κ3) is 2.89. The van der Waals surface area contributed by atoms with E-state index in [-0.39, 0.29) is 0 Å². The van der Waals surface area contributed by atoms with Gasteiger partial charge in [0.2, 0.25) is 0 Å². The van der Waals surface area contributed by atoms with Gasteiger partial charge in [0.15, 0.2) is 0 Å². The Morgan fingerprint density at radius 2 is 2.00 bits per heavy atom. The number of carboxylic acid groups (broad SMARTS) is 1. The number of hydrogen-bond donors (Lipinski definition) is 1. The van der Waals surface area contributed by atoms with Crippen molar-refractivity contribution in [3.05, 3.63) is 29.3 Å². The average Bonchev–Trinajstić information content (AvgIpc) is 2.38. The minimum absolute atomic E-state index is 0.404. The molecular formula is C15H22N2O2. The first-order valence-electron chi connectivity index (χ1n) is 6.75. The van der Waals surface area contributed by atoms with E-state index < -0.39 is 5.97 Å². The van der Waals surface area contributed by atoms with E-state index in [1.807, 2.05) is 26.1 Å². The highest BCUT2D eigenvalue weighted by atomic mass is 16.4. The summed E-state index contributed by atoms with van der Waals surface area (Å²) in [5.41, 5.74) is 2.30. The van der Waals surface area contributed by atoms with Gasteiger partial charge in [-0.2, -0.15) is 0 Å². The molecule has 0 atom stereocenters. The van der Waals surface area contributed by atoms with Gasteiger partial charge in [-0.05, 0) is 51.5 Å². The Balaban J connectivity index is 2.28. The quantitative estimate of drug-likeness (QED) is 0.907. The second-order valence-electron chi connectivity index (χ2n) is 5.42. The van der Waals surface area contributed by atoms with Crippen molar-refractivity contribution < 1.29 is 9.90 Å². The second-order valence-corrected chi connectivity index (χ2v) is 5.42. The van der Waals surface area contributed by atoms with Crippen molar-refractivity contribution in [1.29, 1.82) is 0 Å². The van der Waals surface area contributed by atoms with Crippen molar-refractivity contribution in [3.8, 4) is 0 Å². The molecule has 19 heavy (non-hydrogen) atoms. The molecule has 1 aliphatic rings. The van der Waals surface area contributed by atoms with Crippen LogP contribution in [0, 0.1) is 6.92 Å². The number of piperidine rings is 1. The molecule has 0 unspecified atom stereocenters. The minimum atomic E-state index is -0.849. The van der Waals surface area contributed by atoms with Gasteiger partial charge in [-0.1, -0.05) is 12.1 Å². The van der Waals surface area contributed by atoms with Crippen molar-refractivity contribution in [2.45, 2.75) is 25.8 Å². The molecule has 4 heteroatoms. The maximum atomic E-state index is 11.4. The second kappa shape index (κ2) is 5.61. The minimum Gasteiger partial charge on any atom is -0.478 e. The largest absolute Gasteiger partial charge is 0.478 e. The van der Waals surface area contributed by atoms with Crippen molar-refractivity contribution >= 4 is 11.7 Å². The van der Waals surface area contributed by atoms with Crippen LogP contribution in [0.2, 0.25) is 0 Å². The summed E-state index contributed by atoms with van der Waals surface area (Å²) in [6.45, 7) is 4.12. The number of aromatic carboxylic acids is 1. The van der Waals surface area contributed by atoms with Crippen LogP contribution in [0.3, 0.4) is 0 Å². The highest BCUT2D eigenvalue weighted by molar-refractivity contribution is 5.95. The number of benzene rings is 1. The molecule has 0 bridgehead atoms. The number of nitrogens with zero attached hydrogens (tertiary/aromatic N) is 2. The number of rotatable bonds is 3. The van der Waals surface area contributed by atoms with Gasteiger partial charge in [-0.15, -0.1) is 0 Å². The number of anilines is 1. The van der Waals surface area contributed by atoms with Gasteiger partial charge in [0.1, 0.15) is 0 Å². The molecular weight excluding hydrogens is 240 g/mol. The van der Waals surface area contributed by atoms with E-state index in [0.717, 1.165) is 37.2 Å². The lowest BCUT2D eigenvalue weighted by atomic mass is 10.00. The van der Waals surface area contributed by atoms with Crippen LogP contribution in [0.25, 0.3) is 0 Å². The molecule has 1 aromatic carbocycles. The standard InChI is InChI=1S/C15H22N2O2/c1-11-5-4-6-13(15(18)19)14(11)17(3)12-7-9-16(2)10-8-12/h4-6,12H,7-10H2,1-3H3,(H,18,19). The Morgan fingerprint density at radius 3 is 2.58 bits per heavy atom. The number of carbonyl (C=O) groups is 1. The molecule has 0 saturated carbocycles. The van der Waals surface area contributed by atoms with E-state index in [4.69, 9.17) is 0 Å². The summed E-state index contributed by atoms with van der Waals surface area (Å²) in [7, 11) is 4.15. The monoisotopic (exact) mass is 262 g/mol. The first kappa shape index (κ1) is 13.9. The SMILES string of the molecule is Cc1cccc(C(=O)O)c1N(C)C1CCN(C)CC1. The Hall–Kier alpha value is -1.55. The topological polar surface area (TPSA) is 43.8 Å². The Morgan fingerprint density at radius 1 is 1.37 bits per heavy atom. The molecule has 1 saturated heterocycles. The highest BCUT2D eigenvalue weighted by Crippen LogP contribution is 2.28. The van der Waals surface area contributed by atoms with Gasteiger partial charge in [-0.3, -0.25) is 0 Å². The summed E-state index contributed by atoms with van der Waals surface area (Å²) in [6.07, 6.45) is 2.17. The molecule has 0 aliphatic carbocycles. The van der Waals surface area contributed by atoms with Crippen LogP contribution in [0.15, 0.2) is 18.2 Å². The van der Waals surface area contributed by atoms with Gasteiger partial charge in [-0.25, -0.2) is 4.79 Å². The lowest BCUT2D eigenvalue weighted by molar-refractivity contribution is 0.0697. The van der Waals surface area contributed by atoms with Crippen LogP contribution in [0.4, 0.5) is 5.69 Å². The summed E-state index contributed by atoms with van der Waals surface area (Å²) in [5, 5.41) is 9.34. The van der Waals surface area contributed by atoms with E-state index in [9.17, 15) is 9.90 Å². The zero-order valence-electron chi connectivity index (χ0n) is 11.9. The summed E-state index contributed by atoms with van der Waals surface area (Å²) < 4.78 is 0. The number of hydrogen-bond acceptors (Lipinski definition) is 3. The summed E-state index contributed by atoms with van der Waals surface area (Å²) >= 11 is 0. The third-order valence-corrected chi connectivity index (χ3v) is 4.06. The normalized spacial score (nSPS) is 17.4. The van der Waals surface area contributed by atoms with Crippen LogP contribution in [0.5, 0.6) is 0 Å². The maximum absolute atomic E-state index is 11.4. The predicted octanol–water partition coefficient (Wildman–Crippen LogP) is 2.22. The number of carboxylic acids is 1. The van der Waals surface area contributed by atoms with Crippen LogP contribution in [-0.2, 0) is 0 Å². The molecule has 1 heterocycles. The number of aryl methyl sites for hydroxylation is 1. The zero-order chi connectivity index (χ0) is 14.0. The first-order chi connectivity index (χ1) is 9.00. The average molecular weight is 262 g/mol. The highest BCUT2D eigenvalue weighted by Gasteiger charge is 2.24. The summed E-state index contributed by atoms with van der Waals surface area (Å²) in [6, 6.07) is 5.91. The van der Waals surface area contributed by atoms with Gasteiger partial charge in [0.05, 0.1) is 11.3 Å². The van der Waals surface area contributed by atoms with Crippen LogP contribution in [0.1, 0.15) is 28.8 Å². The van der Waals surface area contributed by atoms with E-state index in [2.05, 4.69) is 16.8 Å². The number of likely N-dealkylation sites (tertiary alicyclic amines) is 1. The van der Waals surface area contributed by atoms with E-state index in [0.29, 0.717) is 11.6 Å². The lowest BCUT2D eigenvalue weighted by Crippen LogP contribution is -2.42. The third-order valence-electron chi connectivity index (χ3n) is 4.06. The Kier molecular flexibility index (Phi) is 4.10. The van der Waals surface area contributed by atoms with E-state index >= 15 is 0 Å². The maximum Gasteiger partial charge on any atom is 0.337 e. The fraction of sp³-hybridized carbons (Fsp3) is 0.533. The van der Waals surface area contributed by atoms with Gasteiger partial charge >= 0.3 is 5.97 Å². The van der Waals surface area contributed by atoms with Crippen molar-refractivity contribution in [2.24, 2.45) is 0 Å². The van der Waals surface area contributed by atoms with Crippen LogP contribution in [-0.4, -0.2) is 49.2 Å². The fourth-order valence-corrected chi connectivity index (χ4v) is 2.86. The van der Waals surface area contributed by atoms with Crippen LogP contribution < -0.4 is 4.90 Å². The Labute approximate surface area is 114 Å². The lowest BCUT2D eigenvalue weighted by Gasteiger charge is -2.37. The molecule has 2 rings (SSSR count).